The van der Waals surface area contributed by atoms with Gasteiger partial charge < -0.3 is 0 Å². The van der Waals surface area contributed by atoms with Crippen molar-refractivity contribution in [1.29, 1.82) is 0 Å². The minimum atomic E-state index is -0.676. The second kappa shape index (κ2) is 1.74. The molecule has 0 rings (SSSR count). The van der Waals surface area contributed by atoms with E-state index in [4.69, 9.17) is 0 Å². The lowest BCUT2D eigenvalue weighted by Gasteiger charge is -1.88. The van der Waals surface area contributed by atoms with Crippen LogP contribution in [0, 0.1) is 17.0 Å². The number of hydrogen-bond acceptors (Lipinski definition) is 2. The van der Waals surface area contributed by atoms with E-state index < -0.39 is 11.0 Å². The number of rotatable bonds is 1. The van der Waals surface area contributed by atoms with Gasteiger partial charge in [-0.2, -0.15) is 0 Å². The summed E-state index contributed by atoms with van der Waals surface area (Å²) in [5.41, 5.74) is 0. The normalized spacial score (nSPS) is 9.17. The van der Waals surface area contributed by atoms with Crippen LogP contribution in [-0.2, 0) is 0 Å². The molecule has 1 unspecified atom stereocenters. The van der Waals surface area contributed by atoms with Crippen molar-refractivity contribution in [1.82, 2.24) is 0 Å². The molecule has 3 heteroatoms. The fraction of sp³-hybridized carbons (Fsp3) is 0.667. The Balaban J connectivity index is 3.26. The molecule has 0 N–H and O–H groups in total. The first-order chi connectivity index (χ1) is 2.64. The lowest BCUT2D eigenvalue weighted by Crippen LogP contribution is -2.08. The smallest absolute Gasteiger partial charge is 0.210 e. The molecule has 0 spiro atoms. The van der Waals surface area contributed by atoms with Crippen LogP contribution in [0.1, 0.15) is 6.92 Å². The van der Waals surface area contributed by atoms with Crippen LogP contribution in [0.2, 0.25) is 0 Å². The molecule has 0 saturated heterocycles. The van der Waals surface area contributed by atoms with Crippen LogP contribution in [0.25, 0.3) is 0 Å². The molecular weight excluding hydrogens is 82.0 g/mol. The molecule has 0 amide bonds. The minimum absolute atomic E-state index is 0.444. The van der Waals surface area contributed by atoms with Gasteiger partial charge in [0.05, 0.1) is 0 Å². The van der Waals surface area contributed by atoms with Crippen LogP contribution in [0.5, 0.6) is 0 Å². The van der Waals surface area contributed by atoms with Gasteiger partial charge in [0, 0.05) is 18.8 Å². The SMILES string of the molecule is [CH2]C(C)[N+](=O)[O-]. The lowest BCUT2D eigenvalue weighted by atomic mass is 10.4. The number of hydrogen-bond donors (Lipinski definition) is 0. The largest absolute Gasteiger partial charge is 0.264 e. The molecule has 35 valence electrons. The third-order valence-corrected chi connectivity index (χ3v) is 0.360. The van der Waals surface area contributed by atoms with Crippen LogP contribution in [0.4, 0.5) is 0 Å². The van der Waals surface area contributed by atoms with Gasteiger partial charge in [-0.05, 0) is 0 Å². The van der Waals surface area contributed by atoms with Crippen LogP contribution < -0.4 is 0 Å². The molecule has 0 bridgehead atoms. The average Bonchev–Trinajstić information content (AvgIpc) is 1.36. The summed E-state index contributed by atoms with van der Waals surface area (Å²) in [7, 11) is 0. The van der Waals surface area contributed by atoms with Crippen molar-refractivity contribution in [3.63, 3.8) is 0 Å². The molecule has 0 aromatic carbocycles. The molecule has 1 radical (unpaired) electrons. The topological polar surface area (TPSA) is 43.1 Å². The van der Waals surface area contributed by atoms with Gasteiger partial charge in [-0.25, -0.2) is 0 Å². The van der Waals surface area contributed by atoms with Gasteiger partial charge in [-0.15, -0.1) is 0 Å². The predicted molar refractivity (Wildman–Crippen MR) is 21.8 cm³/mol. The second-order valence-electron chi connectivity index (χ2n) is 1.13. The Morgan fingerprint density at radius 3 is 2.17 bits per heavy atom. The van der Waals surface area contributed by atoms with Gasteiger partial charge >= 0.3 is 0 Å². The van der Waals surface area contributed by atoms with Crippen molar-refractivity contribution >= 4 is 0 Å². The molecule has 0 aliphatic carbocycles. The lowest BCUT2D eigenvalue weighted by molar-refractivity contribution is -0.505. The van der Waals surface area contributed by atoms with Gasteiger partial charge in [-0.3, -0.25) is 10.1 Å². The highest BCUT2D eigenvalue weighted by molar-refractivity contribution is 4.44. The van der Waals surface area contributed by atoms with E-state index in [9.17, 15) is 10.1 Å². The summed E-state index contributed by atoms with van der Waals surface area (Å²) in [6, 6.07) is -0.676. The molecule has 6 heavy (non-hydrogen) atoms. The van der Waals surface area contributed by atoms with Gasteiger partial charge in [-0.1, -0.05) is 0 Å². The van der Waals surface area contributed by atoms with E-state index in [0.29, 0.717) is 0 Å². The highest BCUT2D eigenvalue weighted by atomic mass is 16.6. The Labute approximate surface area is 36.1 Å². The number of nitro groups is 1. The van der Waals surface area contributed by atoms with Crippen molar-refractivity contribution in [3.8, 4) is 0 Å². The van der Waals surface area contributed by atoms with Crippen molar-refractivity contribution in [3.05, 3.63) is 17.0 Å². The van der Waals surface area contributed by atoms with Gasteiger partial charge in [0.25, 0.3) is 0 Å². The summed E-state index contributed by atoms with van der Waals surface area (Å²) < 4.78 is 0. The molecule has 0 saturated carbocycles. The first kappa shape index (κ1) is 5.40. The van der Waals surface area contributed by atoms with E-state index in [1.807, 2.05) is 0 Å². The quantitative estimate of drug-likeness (QED) is 0.345. The summed E-state index contributed by atoms with van der Waals surface area (Å²) >= 11 is 0. The van der Waals surface area contributed by atoms with E-state index in [1.54, 1.807) is 0 Å². The zero-order valence-electron chi connectivity index (χ0n) is 3.55. The van der Waals surface area contributed by atoms with Crippen molar-refractivity contribution in [2.75, 3.05) is 0 Å². The van der Waals surface area contributed by atoms with E-state index in [-0.39, 0.29) is 0 Å². The average molecular weight is 88.1 g/mol. The number of nitrogens with zero attached hydrogens (tertiary/aromatic N) is 1. The first-order valence-corrected chi connectivity index (χ1v) is 1.61. The molecule has 0 heterocycles. The zero-order valence-corrected chi connectivity index (χ0v) is 3.55. The molecule has 0 aromatic heterocycles. The summed E-state index contributed by atoms with van der Waals surface area (Å²) in [4.78, 5) is 9.00. The highest BCUT2D eigenvalue weighted by Gasteiger charge is 1.99. The van der Waals surface area contributed by atoms with E-state index in [1.165, 1.54) is 6.92 Å². The third kappa shape index (κ3) is 1.69. The third-order valence-electron chi connectivity index (χ3n) is 0.360. The van der Waals surface area contributed by atoms with E-state index in [0.717, 1.165) is 0 Å². The molecule has 3 nitrogen and oxygen atoms in total. The van der Waals surface area contributed by atoms with Crippen LogP contribution in [0.3, 0.4) is 0 Å². The summed E-state index contributed by atoms with van der Waals surface area (Å²) in [6.07, 6.45) is 0. The Hall–Kier alpha value is -0.600. The highest BCUT2D eigenvalue weighted by Crippen LogP contribution is 1.79. The van der Waals surface area contributed by atoms with Crippen LogP contribution in [-0.4, -0.2) is 11.0 Å². The summed E-state index contributed by atoms with van der Waals surface area (Å²) in [6.45, 7) is 4.57. The Morgan fingerprint density at radius 1 is 2.00 bits per heavy atom. The molecular formula is C3H6NO2. The van der Waals surface area contributed by atoms with Gasteiger partial charge in [0.1, 0.15) is 0 Å². The monoisotopic (exact) mass is 88.0 g/mol. The zero-order chi connectivity index (χ0) is 5.15. The van der Waals surface area contributed by atoms with Crippen molar-refractivity contribution in [2.24, 2.45) is 0 Å². The van der Waals surface area contributed by atoms with Crippen molar-refractivity contribution in [2.45, 2.75) is 13.0 Å². The van der Waals surface area contributed by atoms with E-state index >= 15 is 0 Å². The molecule has 0 aliphatic heterocycles. The maximum Gasteiger partial charge on any atom is 0.210 e. The van der Waals surface area contributed by atoms with Gasteiger partial charge in [0.2, 0.25) is 6.04 Å². The maximum absolute atomic E-state index is 9.44. The van der Waals surface area contributed by atoms with Gasteiger partial charge in [0.15, 0.2) is 0 Å². The summed E-state index contributed by atoms with van der Waals surface area (Å²) in [5, 5.41) is 9.44. The second-order valence-corrected chi connectivity index (χ2v) is 1.13. The summed E-state index contributed by atoms with van der Waals surface area (Å²) in [5.74, 6) is 0. The Kier molecular flexibility index (Phi) is 1.57. The van der Waals surface area contributed by atoms with Crippen molar-refractivity contribution < 1.29 is 4.92 Å². The Bertz CT molecular complexity index is 59.8. The minimum Gasteiger partial charge on any atom is -0.264 e. The maximum atomic E-state index is 9.44. The van der Waals surface area contributed by atoms with Crippen LogP contribution in [0.15, 0.2) is 0 Å². The molecule has 0 aliphatic rings. The molecule has 0 fully saturated rings. The van der Waals surface area contributed by atoms with Crippen LogP contribution >= 0.6 is 0 Å². The fourth-order valence-corrected chi connectivity index (χ4v) is 0. The molecule has 1 atom stereocenters. The predicted octanol–water partition coefficient (Wildman–Crippen LogP) is 0.486. The molecule has 0 aromatic rings. The van der Waals surface area contributed by atoms with E-state index in [2.05, 4.69) is 6.92 Å². The fourth-order valence-electron chi connectivity index (χ4n) is 0. The standard InChI is InChI=1S/C3H6NO2/c1-3(2)4(5)6/h3H,1H2,2H3. The Morgan fingerprint density at radius 2 is 2.17 bits per heavy atom. The first-order valence-electron chi connectivity index (χ1n) is 1.61.